The highest BCUT2D eigenvalue weighted by Gasteiger charge is 2.27. The van der Waals surface area contributed by atoms with E-state index in [0.29, 0.717) is 47.5 Å². The Labute approximate surface area is 191 Å². The van der Waals surface area contributed by atoms with E-state index in [2.05, 4.69) is 0 Å². The molecule has 0 saturated carbocycles. The van der Waals surface area contributed by atoms with E-state index in [1.54, 1.807) is 11.0 Å². The van der Waals surface area contributed by atoms with Crippen LogP contribution < -0.4 is 4.90 Å². The number of benzene rings is 3. The smallest absolute Gasteiger partial charge is 0.273 e. The third-order valence-corrected chi connectivity index (χ3v) is 6.09. The van der Waals surface area contributed by atoms with Crippen LogP contribution in [-0.4, -0.2) is 51.6 Å². The summed E-state index contributed by atoms with van der Waals surface area (Å²) in [5.74, 6) is 0.0797. The van der Waals surface area contributed by atoms with E-state index in [1.165, 1.54) is 6.07 Å². The lowest BCUT2D eigenvalue weighted by atomic mass is 9.97. The van der Waals surface area contributed by atoms with Gasteiger partial charge >= 0.3 is 0 Å². The first kappa shape index (κ1) is 20.8. The number of carbonyl (C=O) groups excluding carboxylic acids is 1. The lowest BCUT2D eigenvalue weighted by Crippen LogP contribution is -2.36. The summed E-state index contributed by atoms with van der Waals surface area (Å²) in [6.45, 7) is 0.765. The number of hydrogen-bond acceptors (Lipinski definition) is 6. The lowest BCUT2D eigenvalue weighted by molar-refractivity contribution is 0.0730. The topological polar surface area (TPSA) is 89.8 Å². The molecule has 33 heavy (non-hydrogen) atoms. The van der Waals surface area contributed by atoms with Crippen LogP contribution in [0.4, 0.5) is 5.69 Å². The number of aromatic nitrogens is 2. The number of para-hydroxylation sites is 1. The molecule has 0 atom stereocenters. The second kappa shape index (κ2) is 8.09. The van der Waals surface area contributed by atoms with E-state index in [4.69, 9.17) is 9.97 Å². The second-order valence-electron chi connectivity index (χ2n) is 8.40. The van der Waals surface area contributed by atoms with Crippen LogP contribution in [0.1, 0.15) is 21.6 Å². The number of nitrogens with zero attached hydrogens (tertiary/aromatic N) is 4. The summed E-state index contributed by atoms with van der Waals surface area (Å²) in [5.41, 5.74) is 4.49. The standard InChI is InChI=1S/C26H24N4O3/c1-29(2)18-10-7-16(8-11-18)25-27-21-6-4-3-5-20(21)23(28-25)26(33)30-14-13-19-17(15-30)9-12-22(31)24(19)32/h3-12,31-32H,13-15H2,1-2H3. The second-order valence-corrected chi connectivity index (χ2v) is 8.40. The first-order valence-corrected chi connectivity index (χ1v) is 10.8. The minimum absolute atomic E-state index is 0.101. The van der Waals surface area contributed by atoms with Gasteiger partial charge in [-0.25, -0.2) is 9.97 Å². The zero-order valence-corrected chi connectivity index (χ0v) is 18.5. The molecule has 0 bridgehead atoms. The van der Waals surface area contributed by atoms with Crippen LogP contribution in [0.2, 0.25) is 0 Å². The molecule has 2 heterocycles. The van der Waals surface area contributed by atoms with Crippen molar-refractivity contribution in [1.82, 2.24) is 14.9 Å². The highest BCUT2D eigenvalue weighted by atomic mass is 16.3. The molecule has 166 valence electrons. The van der Waals surface area contributed by atoms with Crippen molar-refractivity contribution in [1.29, 1.82) is 0 Å². The van der Waals surface area contributed by atoms with Crippen LogP contribution in [0.5, 0.6) is 11.5 Å². The molecule has 0 fully saturated rings. The van der Waals surface area contributed by atoms with Gasteiger partial charge in [-0.15, -0.1) is 0 Å². The molecule has 1 amide bonds. The Kier molecular flexibility index (Phi) is 5.09. The monoisotopic (exact) mass is 440 g/mol. The normalized spacial score (nSPS) is 13.1. The summed E-state index contributed by atoms with van der Waals surface area (Å²) in [7, 11) is 3.96. The Balaban J connectivity index is 1.54. The van der Waals surface area contributed by atoms with Crippen molar-refractivity contribution < 1.29 is 15.0 Å². The van der Waals surface area contributed by atoms with Gasteiger partial charge in [-0.05, 0) is 48.4 Å². The van der Waals surface area contributed by atoms with Crippen molar-refractivity contribution in [2.45, 2.75) is 13.0 Å². The summed E-state index contributed by atoms with van der Waals surface area (Å²) < 4.78 is 0. The van der Waals surface area contributed by atoms with Crippen LogP contribution in [0.3, 0.4) is 0 Å². The molecule has 0 radical (unpaired) electrons. The van der Waals surface area contributed by atoms with Gasteiger partial charge in [-0.1, -0.05) is 24.3 Å². The number of rotatable bonds is 3. The molecule has 4 aromatic rings. The predicted octanol–water partition coefficient (Wildman–Crippen LogP) is 3.97. The number of amides is 1. The molecule has 5 rings (SSSR count). The van der Waals surface area contributed by atoms with Crippen LogP contribution >= 0.6 is 0 Å². The molecule has 2 N–H and O–H groups in total. The molecule has 1 aliphatic heterocycles. The predicted molar refractivity (Wildman–Crippen MR) is 128 cm³/mol. The van der Waals surface area contributed by atoms with Gasteiger partial charge in [0, 0.05) is 49.4 Å². The molecule has 0 aliphatic carbocycles. The quantitative estimate of drug-likeness (QED) is 0.469. The molecule has 7 nitrogen and oxygen atoms in total. The van der Waals surface area contributed by atoms with Crippen molar-refractivity contribution in [3.8, 4) is 22.9 Å². The first-order chi connectivity index (χ1) is 15.9. The van der Waals surface area contributed by atoms with Gasteiger partial charge in [0.1, 0.15) is 5.69 Å². The molecule has 0 spiro atoms. The third-order valence-electron chi connectivity index (χ3n) is 6.09. The highest BCUT2D eigenvalue weighted by molar-refractivity contribution is 6.05. The van der Waals surface area contributed by atoms with E-state index in [1.807, 2.05) is 67.5 Å². The van der Waals surface area contributed by atoms with E-state index < -0.39 is 0 Å². The van der Waals surface area contributed by atoms with Crippen LogP contribution in [0, 0.1) is 0 Å². The van der Waals surface area contributed by atoms with Crippen molar-refractivity contribution in [2.24, 2.45) is 0 Å². The van der Waals surface area contributed by atoms with E-state index in [9.17, 15) is 15.0 Å². The summed E-state index contributed by atoms with van der Waals surface area (Å²) in [6.07, 6.45) is 0.461. The Morgan fingerprint density at radius 2 is 1.73 bits per heavy atom. The van der Waals surface area contributed by atoms with Crippen LogP contribution in [-0.2, 0) is 13.0 Å². The van der Waals surface area contributed by atoms with Gasteiger partial charge in [-0.3, -0.25) is 4.79 Å². The SMILES string of the molecule is CN(C)c1ccc(-c2nc(C(=O)N3CCc4c(ccc(O)c4O)C3)c3ccccc3n2)cc1. The number of carbonyl (C=O) groups is 1. The minimum atomic E-state index is -0.182. The maximum absolute atomic E-state index is 13.6. The zero-order chi connectivity index (χ0) is 23.1. The molecule has 3 aromatic carbocycles. The third kappa shape index (κ3) is 3.71. The maximum Gasteiger partial charge on any atom is 0.273 e. The van der Waals surface area contributed by atoms with Gasteiger partial charge in [-0.2, -0.15) is 0 Å². The lowest BCUT2D eigenvalue weighted by Gasteiger charge is -2.29. The van der Waals surface area contributed by atoms with Gasteiger partial charge in [0.05, 0.1) is 5.52 Å². The number of aromatic hydroxyl groups is 2. The summed E-state index contributed by atoms with van der Waals surface area (Å²) in [5, 5.41) is 20.7. The average molecular weight is 441 g/mol. The van der Waals surface area contributed by atoms with E-state index >= 15 is 0 Å². The number of phenols is 2. The number of fused-ring (bicyclic) bond motifs is 2. The van der Waals surface area contributed by atoms with Gasteiger partial charge in [0.15, 0.2) is 17.3 Å². The highest BCUT2D eigenvalue weighted by Crippen LogP contribution is 2.35. The van der Waals surface area contributed by atoms with Gasteiger partial charge in [0.2, 0.25) is 0 Å². The van der Waals surface area contributed by atoms with Crippen molar-refractivity contribution in [3.63, 3.8) is 0 Å². The summed E-state index contributed by atoms with van der Waals surface area (Å²) in [4.78, 5) is 26.8. The fourth-order valence-electron chi connectivity index (χ4n) is 4.22. The molecule has 1 aliphatic rings. The fourth-order valence-corrected chi connectivity index (χ4v) is 4.22. The Morgan fingerprint density at radius 3 is 2.48 bits per heavy atom. The maximum atomic E-state index is 13.6. The molecule has 1 aromatic heterocycles. The van der Waals surface area contributed by atoms with Crippen molar-refractivity contribution in [2.75, 3.05) is 25.5 Å². The van der Waals surface area contributed by atoms with E-state index in [-0.39, 0.29) is 17.4 Å². The van der Waals surface area contributed by atoms with E-state index in [0.717, 1.165) is 16.8 Å². The molecular weight excluding hydrogens is 416 g/mol. The first-order valence-electron chi connectivity index (χ1n) is 10.8. The zero-order valence-electron chi connectivity index (χ0n) is 18.5. The van der Waals surface area contributed by atoms with Gasteiger partial charge in [0.25, 0.3) is 5.91 Å². The number of anilines is 1. The fraction of sp³-hybridized carbons (Fsp3) is 0.192. The minimum Gasteiger partial charge on any atom is -0.504 e. The van der Waals surface area contributed by atoms with Crippen LogP contribution in [0.25, 0.3) is 22.3 Å². The molecular formula is C26H24N4O3. The summed E-state index contributed by atoms with van der Waals surface area (Å²) >= 11 is 0. The Bertz CT molecular complexity index is 1370. The number of hydrogen-bond donors (Lipinski definition) is 2. The molecule has 0 unspecified atom stereocenters. The molecule has 7 heteroatoms. The van der Waals surface area contributed by atoms with Crippen molar-refractivity contribution >= 4 is 22.5 Å². The largest absolute Gasteiger partial charge is 0.504 e. The van der Waals surface area contributed by atoms with Crippen molar-refractivity contribution in [3.05, 3.63) is 77.5 Å². The van der Waals surface area contributed by atoms with Gasteiger partial charge < -0.3 is 20.0 Å². The Morgan fingerprint density at radius 1 is 0.970 bits per heavy atom. The average Bonchev–Trinajstić information content (AvgIpc) is 2.85. The number of phenolic OH excluding ortho intramolecular Hbond substituents is 2. The molecule has 0 saturated heterocycles. The Hall–Kier alpha value is -4.13. The summed E-state index contributed by atoms with van der Waals surface area (Å²) in [6, 6.07) is 18.6. The van der Waals surface area contributed by atoms with Crippen LogP contribution in [0.15, 0.2) is 60.7 Å².